The highest BCUT2D eigenvalue weighted by Crippen LogP contribution is 2.37. The molecule has 5 rings (SSSR count). The molecule has 3 aromatic carbocycles. The minimum Gasteiger partial charge on any atom is -0.325 e. The molecular weight excluding hydrogens is 488 g/mol. The van der Waals surface area contributed by atoms with E-state index in [0.717, 1.165) is 20.9 Å². The van der Waals surface area contributed by atoms with E-state index in [-0.39, 0.29) is 22.8 Å². The summed E-state index contributed by atoms with van der Waals surface area (Å²) in [7, 11) is 0. The van der Waals surface area contributed by atoms with Gasteiger partial charge >= 0.3 is 0 Å². The molecule has 1 N–H and O–H groups in total. The molecule has 174 valence electrons. The van der Waals surface area contributed by atoms with Crippen LogP contribution in [0.25, 0.3) is 10.2 Å². The summed E-state index contributed by atoms with van der Waals surface area (Å²) in [5.74, 6) is -1.33. The number of thiazole rings is 1. The number of nitrogens with one attached hydrogen (secondary N) is 1. The maximum atomic E-state index is 13.0. The van der Waals surface area contributed by atoms with Crippen molar-refractivity contribution >= 4 is 68.1 Å². The van der Waals surface area contributed by atoms with Gasteiger partial charge in [0.05, 0.1) is 32.1 Å². The summed E-state index contributed by atoms with van der Waals surface area (Å²) in [5, 5.41) is 14.2. The van der Waals surface area contributed by atoms with Crippen LogP contribution in [0.4, 0.5) is 17.1 Å². The highest BCUT2D eigenvalue weighted by molar-refractivity contribution is 8.01. The van der Waals surface area contributed by atoms with Crippen molar-refractivity contribution in [2.24, 2.45) is 0 Å². The minimum absolute atomic E-state index is 0.00418. The first-order valence-electron chi connectivity index (χ1n) is 10.4. The number of aromatic nitrogens is 1. The molecule has 11 heteroatoms. The molecular formula is C24H16N4O5S2. The van der Waals surface area contributed by atoms with Crippen molar-refractivity contribution in [3.8, 4) is 0 Å². The SMILES string of the molecule is Cc1ccccc1NC(=O)CSc1nc2ccc(N3C(=O)c4cccc([N+](=O)[O-])c4C3=O)cc2s1. The second kappa shape index (κ2) is 8.93. The van der Waals surface area contributed by atoms with Crippen molar-refractivity contribution < 1.29 is 19.3 Å². The van der Waals surface area contributed by atoms with Crippen molar-refractivity contribution in [1.82, 2.24) is 4.98 Å². The Kier molecular flexibility index (Phi) is 5.79. The number of imide groups is 1. The van der Waals surface area contributed by atoms with Crippen LogP contribution in [-0.4, -0.2) is 33.4 Å². The van der Waals surface area contributed by atoms with E-state index in [0.29, 0.717) is 15.5 Å². The quantitative estimate of drug-likeness (QED) is 0.169. The number of hydrogen-bond acceptors (Lipinski definition) is 8. The number of nitro groups is 1. The van der Waals surface area contributed by atoms with Gasteiger partial charge < -0.3 is 5.32 Å². The zero-order chi connectivity index (χ0) is 24.7. The van der Waals surface area contributed by atoms with Gasteiger partial charge in [0, 0.05) is 11.8 Å². The monoisotopic (exact) mass is 504 g/mol. The molecule has 0 bridgehead atoms. The standard InChI is InChI=1S/C24H16N4O5S2/c1-13-5-2-3-7-16(13)25-20(29)12-34-24-26-17-10-9-14(11-19(17)35-24)27-22(30)15-6-4-8-18(28(32)33)21(15)23(27)31/h2-11H,12H2,1H3,(H,25,29). The third kappa shape index (κ3) is 4.15. The lowest BCUT2D eigenvalue weighted by Gasteiger charge is -2.13. The van der Waals surface area contributed by atoms with E-state index in [2.05, 4.69) is 10.3 Å². The van der Waals surface area contributed by atoms with E-state index in [1.54, 1.807) is 18.2 Å². The maximum absolute atomic E-state index is 13.0. The molecule has 0 saturated carbocycles. The number of thioether (sulfide) groups is 1. The number of nitrogens with zero attached hydrogens (tertiary/aromatic N) is 3. The minimum atomic E-state index is -0.733. The van der Waals surface area contributed by atoms with Crippen LogP contribution in [-0.2, 0) is 4.79 Å². The van der Waals surface area contributed by atoms with Gasteiger partial charge in [-0.25, -0.2) is 9.88 Å². The number of hydrogen-bond donors (Lipinski definition) is 1. The Balaban J connectivity index is 1.35. The number of fused-ring (bicyclic) bond motifs is 2. The summed E-state index contributed by atoms with van der Waals surface area (Å²) >= 11 is 2.62. The van der Waals surface area contributed by atoms with E-state index in [1.807, 2.05) is 31.2 Å². The van der Waals surface area contributed by atoms with E-state index in [1.165, 1.54) is 41.3 Å². The van der Waals surface area contributed by atoms with Crippen LogP contribution in [0.3, 0.4) is 0 Å². The average Bonchev–Trinajstić information content (AvgIpc) is 3.36. The molecule has 0 saturated heterocycles. The Morgan fingerprint density at radius 3 is 2.69 bits per heavy atom. The third-order valence-electron chi connectivity index (χ3n) is 5.45. The van der Waals surface area contributed by atoms with Crippen molar-refractivity contribution in [1.29, 1.82) is 0 Å². The topological polar surface area (TPSA) is 123 Å². The summed E-state index contributed by atoms with van der Waals surface area (Å²) < 4.78 is 1.38. The normalized spacial score (nSPS) is 12.8. The highest BCUT2D eigenvalue weighted by atomic mass is 32.2. The molecule has 4 aromatic rings. The Bertz CT molecular complexity index is 1550. The van der Waals surface area contributed by atoms with Crippen LogP contribution in [0.15, 0.2) is 65.0 Å². The molecule has 1 aliphatic heterocycles. The van der Waals surface area contributed by atoms with Crippen LogP contribution in [0, 0.1) is 17.0 Å². The molecule has 0 spiro atoms. The number of amides is 3. The first kappa shape index (κ1) is 22.7. The predicted molar refractivity (Wildman–Crippen MR) is 134 cm³/mol. The van der Waals surface area contributed by atoms with Gasteiger partial charge in [-0.05, 0) is 42.8 Å². The van der Waals surface area contributed by atoms with Gasteiger partial charge in [-0.1, -0.05) is 36.0 Å². The summed E-state index contributed by atoms with van der Waals surface area (Å²) in [5.41, 5.74) is 2.08. The summed E-state index contributed by atoms with van der Waals surface area (Å²) in [4.78, 5) is 54.4. The summed E-state index contributed by atoms with van der Waals surface area (Å²) in [6.07, 6.45) is 0. The Morgan fingerprint density at radius 2 is 1.91 bits per heavy atom. The number of rotatable bonds is 6. The fourth-order valence-corrected chi connectivity index (χ4v) is 5.68. The largest absolute Gasteiger partial charge is 0.325 e. The number of nitro benzene ring substituents is 1. The molecule has 3 amide bonds. The molecule has 0 atom stereocenters. The van der Waals surface area contributed by atoms with Crippen LogP contribution < -0.4 is 10.2 Å². The van der Waals surface area contributed by atoms with E-state index >= 15 is 0 Å². The highest BCUT2D eigenvalue weighted by Gasteiger charge is 2.41. The summed E-state index contributed by atoms with van der Waals surface area (Å²) in [6, 6.07) is 16.4. The Labute approximate surface area is 206 Å². The van der Waals surface area contributed by atoms with Gasteiger partial charge in [0.2, 0.25) is 5.91 Å². The first-order chi connectivity index (χ1) is 16.8. The smallest absolute Gasteiger partial charge is 0.283 e. The molecule has 0 aliphatic carbocycles. The zero-order valence-electron chi connectivity index (χ0n) is 18.2. The number of para-hydroxylation sites is 1. The van der Waals surface area contributed by atoms with E-state index < -0.39 is 22.4 Å². The van der Waals surface area contributed by atoms with Gasteiger partial charge in [-0.3, -0.25) is 24.5 Å². The molecule has 1 aromatic heterocycles. The van der Waals surface area contributed by atoms with Gasteiger partial charge in [0.1, 0.15) is 5.56 Å². The van der Waals surface area contributed by atoms with Gasteiger partial charge in [-0.15, -0.1) is 11.3 Å². The second-order valence-electron chi connectivity index (χ2n) is 7.69. The summed E-state index contributed by atoms with van der Waals surface area (Å²) in [6.45, 7) is 1.92. The van der Waals surface area contributed by atoms with Crippen LogP contribution in [0.5, 0.6) is 0 Å². The second-order valence-corrected chi connectivity index (χ2v) is 9.94. The maximum Gasteiger partial charge on any atom is 0.283 e. The van der Waals surface area contributed by atoms with Gasteiger partial charge in [0.25, 0.3) is 17.5 Å². The molecule has 0 unspecified atom stereocenters. The van der Waals surface area contributed by atoms with Gasteiger partial charge in [0.15, 0.2) is 4.34 Å². The van der Waals surface area contributed by atoms with E-state index in [9.17, 15) is 24.5 Å². The number of carbonyl (C=O) groups excluding carboxylic acids is 3. The average molecular weight is 505 g/mol. The number of aryl methyl sites for hydroxylation is 1. The lowest BCUT2D eigenvalue weighted by atomic mass is 10.1. The van der Waals surface area contributed by atoms with Crippen LogP contribution in [0.2, 0.25) is 0 Å². The zero-order valence-corrected chi connectivity index (χ0v) is 19.8. The van der Waals surface area contributed by atoms with Crippen molar-refractivity contribution in [3.63, 3.8) is 0 Å². The molecule has 9 nitrogen and oxygen atoms in total. The molecule has 1 aliphatic rings. The lowest BCUT2D eigenvalue weighted by Crippen LogP contribution is -2.29. The Hall–Kier alpha value is -4.09. The fraction of sp³-hybridized carbons (Fsp3) is 0.0833. The molecule has 35 heavy (non-hydrogen) atoms. The number of carbonyl (C=O) groups is 3. The molecule has 0 radical (unpaired) electrons. The van der Waals surface area contributed by atoms with Gasteiger partial charge in [-0.2, -0.15) is 0 Å². The Morgan fingerprint density at radius 1 is 1.11 bits per heavy atom. The van der Waals surface area contributed by atoms with Crippen LogP contribution >= 0.6 is 23.1 Å². The fourth-order valence-electron chi connectivity index (χ4n) is 3.77. The van der Waals surface area contributed by atoms with E-state index in [4.69, 9.17) is 0 Å². The lowest BCUT2D eigenvalue weighted by molar-refractivity contribution is -0.385. The molecule has 0 fully saturated rings. The number of anilines is 2. The molecule has 2 heterocycles. The third-order valence-corrected chi connectivity index (χ3v) is 7.61. The number of benzene rings is 3. The first-order valence-corrected chi connectivity index (χ1v) is 12.2. The van der Waals surface area contributed by atoms with Crippen molar-refractivity contribution in [3.05, 3.63) is 87.5 Å². The van der Waals surface area contributed by atoms with Crippen molar-refractivity contribution in [2.45, 2.75) is 11.3 Å². The predicted octanol–water partition coefficient (Wildman–Crippen LogP) is 5.04. The van der Waals surface area contributed by atoms with Crippen LogP contribution in [0.1, 0.15) is 26.3 Å². The van der Waals surface area contributed by atoms with Crippen molar-refractivity contribution in [2.75, 3.05) is 16.0 Å².